The van der Waals surface area contributed by atoms with Gasteiger partial charge in [0.15, 0.2) is 0 Å². The highest BCUT2D eigenvalue weighted by atomic mass is 16.5. The molecule has 2 aromatic rings. The van der Waals surface area contributed by atoms with Crippen LogP contribution in [0.15, 0.2) is 30.5 Å². The van der Waals surface area contributed by atoms with E-state index in [1.54, 1.807) is 7.11 Å². The Hall–Kier alpha value is -1.81. The summed E-state index contributed by atoms with van der Waals surface area (Å²) < 4.78 is 7.18. The van der Waals surface area contributed by atoms with Gasteiger partial charge in [0.2, 0.25) is 5.95 Å². The molecule has 0 radical (unpaired) electrons. The number of rotatable bonds is 6. The van der Waals surface area contributed by atoms with Gasteiger partial charge in [0, 0.05) is 19.9 Å². The molecule has 2 rings (SSSR count). The topological polar surface area (TPSA) is 39.1 Å². The number of methoxy groups -OCH3 is 1. The predicted molar refractivity (Wildman–Crippen MR) is 77.6 cm³/mol. The molecule has 0 bridgehead atoms. The molecule has 0 aliphatic rings. The molecular formula is C15H21N3O. The van der Waals surface area contributed by atoms with Crippen molar-refractivity contribution in [3.63, 3.8) is 0 Å². The van der Waals surface area contributed by atoms with Gasteiger partial charge < -0.3 is 14.6 Å². The SMILES string of the molecule is COCCNc1nc(C)cn1Cc1ccc(C)cc1. The zero-order chi connectivity index (χ0) is 13.7. The second-order valence-corrected chi connectivity index (χ2v) is 4.74. The summed E-state index contributed by atoms with van der Waals surface area (Å²) >= 11 is 0. The van der Waals surface area contributed by atoms with Gasteiger partial charge in [-0.05, 0) is 19.4 Å². The van der Waals surface area contributed by atoms with Crippen molar-refractivity contribution in [1.29, 1.82) is 0 Å². The summed E-state index contributed by atoms with van der Waals surface area (Å²) in [4.78, 5) is 4.49. The second-order valence-electron chi connectivity index (χ2n) is 4.74. The smallest absolute Gasteiger partial charge is 0.203 e. The zero-order valence-corrected chi connectivity index (χ0v) is 11.8. The molecule has 0 atom stereocenters. The zero-order valence-electron chi connectivity index (χ0n) is 11.8. The van der Waals surface area contributed by atoms with E-state index in [2.05, 4.69) is 52.3 Å². The predicted octanol–water partition coefficient (Wildman–Crippen LogP) is 2.61. The number of aryl methyl sites for hydroxylation is 2. The van der Waals surface area contributed by atoms with E-state index in [1.165, 1.54) is 11.1 Å². The van der Waals surface area contributed by atoms with Crippen molar-refractivity contribution in [2.24, 2.45) is 0 Å². The third kappa shape index (κ3) is 3.83. The van der Waals surface area contributed by atoms with E-state index in [1.807, 2.05) is 6.92 Å². The van der Waals surface area contributed by atoms with Crippen LogP contribution < -0.4 is 5.32 Å². The average molecular weight is 259 g/mol. The van der Waals surface area contributed by atoms with E-state index in [-0.39, 0.29) is 0 Å². The number of ether oxygens (including phenoxy) is 1. The molecule has 0 aliphatic heterocycles. The van der Waals surface area contributed by atoms with Crippen molar-refractivity contribution in [2.75, 3.05) is 25.6 Å². The fourth-order valence-electron chi connectivity index (χ4n) is 1.96. The Morgan fingerprint density at radius 1 is 1.21 bits per heavy atom. The molecule has 0 saturated carbocycles. The molecule has 1 heterocycles. The molecule has 4 nitrogen and oxygen atoms in total. The van der Waals surface area contributed by atoms with Crippen molar-refractivity contribution in [1.82, 2.24) is 9.55 Å². The van der Waals surface area contributed by atoms with E-state index in [9.17, 15) is 0 Å². The largest absolute Gasteiger partial charge is 0.383 e. The van der Waals surface area contributed by atoms with Crippen LogP contribution in [0.4, 0.5) is 5.95 Å². The van der Waals surface area contributed by atoms with Crippen LogP contribution >= 0.6 is 0 Å². The monoisotopic (exact) mass is 259 g/mol. The first-order valence-electron chi connectivity index (χ1n) is 6.51. The van der Waals surface area contributed by atoms with Crippen molar-refractivity contribution in [2.45, 2.75) is 20.4 Å². The van der Waals surface area contributed by atoms with Crippen LogP contribution in [0.3, 0.4) is 0 Å². The number of aromatic nitrogens is 2. The van der Waals surface area contributed by atoms with E-state index in [0.29, 0.717) is 6.61 Å². The maximum Gasteiger partial charge on any atom is 0.203 e. The van der Waals surface area contributed by atoms with Gasteiger partial charge in [-0.3, -0.25) is 0 Å². The fraction of sp³-hybridized carbons (Fsp3) is 0.400. The van der Waals surface area contributed by atoms with E-state index < -0.39 is 0 Å². The Balaban J connectivity index is 2.08. The summed E-state index contributed by atoms with van der Waals surface area (Å²) in [6.45, 7) is 6.38. The number of hydrogen-bond donors (Lipinski definition) is 1. The van der Waals surface area contributed by atoms with Gasteiger partial charge in [0.25, 0.3) is 0 Å². The van der Waals surface area contributed by atoms with Gasteiger partial charge in [-0.1, -0.05) is 29.8 Å². The summed E-state index contributed by atoms with van der Waals surface area (Å²) in [6, 6.07) is 8.58. The Kier molecular flexibility index (Phi) is 4.58. The van der Waals surface area contributed by atoms with Gasteiger partial charge in [0.1, 0.15) is 0 Å². The first-order valence-corrected chi connectivity index (χ1v) is 6.51. The highest BCUT2D eigenvalue weighted by Crippen LogP contribution is 2.12. The standard InChI is InChI=1S/C15H21N3O/c1-12-4-6-14(7-5-12)11-18-10-13(2)17-15(18)16-8-9-19-3/h4-7,10H,8-9,11H2,1-3H3,(H,16,17). The average Bonchev–Trinajstić information content (AvgIpc) is 2.73. The summed E-state index contributed by atoms with van der Waals surface area (Å²) in [5, 5.41) is 3.29. The molecule has 1 N–H and O–H groups in total. The number of nitrogens with one attached hydrogen (secondary N) is 1. The summed E-state index contributed by atoms with van der Waals surface area (Å²) in [6.07, 6.45) is 2.06. The molecule has 102 valence electrons. The summed E-state index contributed by atoms with van der Waals surface area (Å²) in [5.74, 6) is 0.898. The highest BCUT2D eigenvalue weighted by Gasteiger charge is 2.05. The molecule has 0 fully saturated rings. The number of nitrogens with zero attached hydrogens (tertiary/aromatic N) is 2. The molecule has 0 amide bonds. The van der Waals surface area contributed by atoms with Crippen LogP contribution in [0.5, 0.6) is 0 Å². The molecule has 0 aliphatic carbocycles. The first-order chi connectivity index (χ1) is 9.19. The fourth-order valence-corrected chi connectivity index (χ4v) is 1.96. The maximum atomic E-state index is 5.04. The minimum absolute atomic E-state index is 0.677. The Bertz CT molecular complexity index is 517. The lowest BCUT2D eigenvalue weighted by Crippen LogP contribution is -2.12. The number of hydrogen-bond acceptors (Lipinski definition) is 3. The lowest BCUT2D eigenvalue weighted by molar-refractivity contribution is 0.210. The Morgan fingerprint density at radius 3 is 2.63 bits per heavy atom. The van der Waals surface area contributed by atoms with Gasteiger partial charge in [-0.25, -0.2) is 4.98 Å². The Labute approximate surface area is 114 Å². The van der Waals surface area contributed by atoms with E-state index in [4.69, 9.17) is 4.74 Å². The molecular weight excluding hydrogens is 238 g/mol. The second kappa shape index (κ2) is 6.38. The molecule has 1 aromatic carbocycles. The van der Waals surface area contributed by atoms with Crippen LogP contribution in [0, 0.1) is 13.8 Å². The minimum Gasteiger partial charge on any atom is -0.383 e. The van der Waals surface area contributed by atoms with Crippen LogP contribution in [0.1, 0.15) is 16.8 Å². The minimum atomic E-state index is 0.677. The van der Waals surface area contributed by atoms with Crippen LogP contribution in [0.25, 0.3) is 0 Å². The summed E-state index contributed by atoms with van der Waals surface area (Å²) in [7, 11) is 1.70. The van der Waals surface area contributed by atoms with Crippen LogP contribution in [-0.2, 0) is 11.3 Å². The van der Waals surface area contributed by atoms with Gasteiger partial charge in [-0.15, -0.1) is 0 Å². The molecule has 1 aromatic heterocycles. The summed E-state index contributed by atoms with van der Waals surface area (Å²) in [5.41, 5.74) is 3.58. The molecule has 4 heteroatoms. The molecule has 0 unspecified atom stereocenters. The van der Waals surface area contributed by atoms with Crippen molar-refractivity contribution in [3.05, 3.63) is 47.3 Å². The normalized spacial score (nSPS) is 10.7. The van der Waals surface area contributed by atoms with Crippen LogP contribution in [0.2, 0.25) is 0 Å². The quantitative estimate of drug-likeness (QED) is 0.810. The van der Waals surface area contributed by atoms with Crippen molar-refractivity contribution < 1.29 is 4.74 Å². The number of benzene rings is 1. The highest BCUT2D eigenvalue weighted by molar-refractivity contribution is 5.31. The Morgan fingerprint density at radius 2 is 1.95 bits per heavy atom. The number of imidazole rings is 1. The molecule has 0 spiro atoms. The van der Waals surface area contributed by atoms with E-state index >= 15 is 0 Å². The molecule has 0 saturated heterocycles. The lowest BCUT2D eigenvalue weighted by Gasteiger charge is -2.09. The number of anilines is 1. The lowest BCUT2D eigenvalue weighted by atomic mass is 10.1. The van der Waals surface area contributed by atoms with Crippen molar-refractivity contribution >= 4 is 5.95 Å². The van der Waals surface area contributed by atoms with Crippen LogP contribution in [-0.4, -0.2) is 29.8 Å². The van der Waals surface area contributed by atoms with Gasteiger partial charge in [0.05, 0.1) is 18.8 Å². The third-order valence-corrected chi connectivity index (χ3v) is 2.96. The van der Waals surface area contributed by atoms with Gasteiger partial charge >= 0.3 is 0 Å². The maximum absolute atomic E-state index is 5.04. The third-order valence-electron chi connectivity index (χ3n) is 2.96. The molecule has 19 heavy (non-hydrogen) atoms. The first kappa shape index (κ1) is 13.6. The van der Waals surface area contributed by atoms with Gasteiger partial charge in [-0.2, -0.15) is 0 Å². The van der Waals surface area contributed by atoms with E-state index in [0.717, 1.165) is 24.7 Å². The van der Waals surface area contributed by atoms with Crippen molar-refractivity contribution in [3.8, 4) is 0 Å².